The Bertz CT molecular complexity index is 74.2. The molecule has 0 fully saturated rings. The van der Waals surface area contributed by atoms with E-state index < -0.39 is 0 Å². The minimum absolute atomic E-state index is 0. The van der Waals surface area contributed by atoms with Crippen LogP contribution in [0.3, 0.4) is 0 Å². The summed E-state index contributed by atoms with van der Waals surface area (Å²) in [5.74, 6) is 0. The third-order valence-electron chi connectivity index (χ3n) is 2.03. The summed E-state index contributed by atoms with van der Waals surface area (Å²) in [7, 11) is 0.0728. The summed E-state index contributed by atoms with van der Waals surface area (Å²) in [5, 5.41) is 0. The van der Waals surface area contributed by atoms with E-state index in [2.05, 4.69) is 20.0 Å². The zero-order valence-corrected chi connectivity index (χ0v) is 10.7. The van der Waals surface area contributed by atoms with Gasteiger partial charge in [-0.2, -0.15) is 0 Å². The largest absolute Gasteiger partial charge is 0.147 e. The summed E-state index contributed by atoms with van der Waals surface area (Å²) >= 11 is 0. The molecular formula is C10H24ClSi. The maximum absolute atomic E-state index is 2.41. The monoisotopic (exact) mass is 207 g/mol. The smallest absolute Gasteiger partial charge is 0.0412 e. The highest BCUT2D eigenvalue weighted by Crippen LogP contribution is 2.08. The molecule has 0 aromatic heterocycles. The molecule has 75 valence electrons. The molecule has 2 heteroatoms. The van der Waals surface area contributed by atoms with Gasteiger partial charge in [-0.15, -0.1) is 12.4 Å². The zero-order chi connectivity index (χ0) is 8.53. The van der Waals surface area contributed by atoms with E-state index in [1.165, 1.54) is 44.6 Å². The maximum atomic E-state index is 2.41. The minimum Gasteiger partial charge on any atom is -0.147 e. The van der Waals surface area contributed by atoms with Crippen LogP contribution in [0.15, 0.2) is 0 Å². The van der Waals surface area contributed by atoms with Crippen molar-refractivity contribution in [2.45, 2.75) is 64.6 Å². The normalized spacial score (nSPS) is 10.0. The van der Waals surface area contributed by atoms with E-state index in [-0.39, 0.29) is 21.2 Å². The summed E-state index contributed by atoms with van der Waals surface area (Å²) in [6.07, 6.45) is 8.72. The second-order valence-electron chi connectivity index (χ2n) is 3.72. The number of unbranched alkanes of at least 4 members (excludes halogenated alkanes) is 5. The van der Waals surface area contributed by atoms with Crippen LogP contribution in [-0.4, -0.2) is 8.80 Å². The second-order valence-corrected chi connectivity index (χ2v) is 6.64. The zero-order valence-electron chi connectivity index (χ0n) is 8.86. The summed E-state index contributed by atoms with van der Waals surface area (Å²) in [6.45, 7) is 7.10. The highest BCUT2D eigenvalue weighted by atomic mass is 35.5. The van der Waals surface area contributed by atoms with Crippen LogP contribution in [0.1, 0.15) is 45.4 Å². The number of rotatable bonds is 7. The Morgan fingerprint density at radius 3 is 1.83 bits per heavy atom. The van der Waals surface area contributed by atoms with E-state index in [0.717, 1.165) is 0 Å². The minimum atomic E-state index is 0. The molecule has 12 heavy (non-hydrogen) atoms. The van der Waals surface area contributed by atoms with Crippen molar-refractivity contribution in [2.24, 2.45) is 0 Å². The molecule has 1 radical (unpaired) electrons. The summed E-state index contributed by atoms with van der Waals surface area (Å²) in [6, 6.07) is 1.52. The topological polar surface area (TPSA) is 0 Å². The van der Waals surface area contributed by atoms with Crippen molar-refractivity contribution in [1.82, 2.24) is 0 Å². The molecule has 0 rings (SSSR count). The third-order valence-corrected chi connectivity index (χ3v) is 3.38. The van der Waals surface area contributed by atoms with Crippen molar-refractivity contribution in [2.75, 3.05) is 0 Å². The van der Waals surface area contributed by atoms with Gasteiger partial charge in [0.05, 0.1) is 0 Å². The van der Waals surface area contributed by atoms with E-state index in [0.29, 0.717) is 0 Å². The van der Waals surface area contributed by atoms with Gasteiger partial charge in [-0.3, -0.25) is 0 Å². The van der Waals surface area contributed by atoms with Gasteiger partial charge in [0.25, 0.3) is 0 Å². The van der Waals surface area contributed by atoms with E-state index in [9.17, 15) is 0 Å². The van der Waals surface area contributed by atoms with Gasteiger partial charge in [-0.1, -0.05) is 64.6 Å². The van der Waals surface area contributed by atoms with E-state index >= 15 is 0 Å². The molecule has 0 amide bonds. The lowest BCUT2D eigenvalue weighted by Crippen LogP contribution is -1.97. The van der Waals surface area contributed by atoms with Crippen LogP contribution in [0, 0.1) is 0 Å². The van der Waals surface area contributed by atoms with Gasteiger partial charge in [0, 0.05) is 8.80 Å². The SMILES string of the molecule is CCCCCCCC[Si](C)C.Cl. The lowest BCUT2D eigenvalue weighted by molar-refractivity contribution is 0.623. The molecule has 0 aliphatic rings. The quantitative estimate of drug-likeness (QED) is 0.425. The number of halogens is 1. The van der Waals surface area contributed by atoms with Gasteiger partial charge in [0.1, 0.15) is 0 Å². The fourth-order valence-electron chi connectivity index (χ4n) is 1.26. The Hall–Kier alpha value is 0.507. The van der Waals surface area contributed by atoms with Crippen LogP contribution in [-0.2, 0) is 0 Å². The predicted molar refractivity (Wildman–Crippen MR) is 62.9 cm³/mol. The summed E-state index contributed by atoms with van der Waals surface area (Å²) in [4.78, 5) is 0. The van der Waals surface area contributed by atoms with Crippen molar-refractivity contribution < 1.29 is 0 Å². The van der Waals surface area contributed by atoms with Crippen LogP contribution in [0.5, 0.6) is 0 Å². The van der Waals surface area contributed by atoms with Crippen LogP contribution in [0.2, 0.25) is 19.1 Å². The fourth-order valence-corrected chi connectivity index (χ4v) is 2.22. The van der Waals surface area contributed by atoms with Crippen molar-refractivity contribution in [3.05, 3.63) is 0 Å². The van der Waals surface area contributed by atoms with Crippen LogP contribution >= 0.6 is 12.4 Å². The Kier molecular flexibility index (Phi) is 14.4. The molecule has 0 aliphatic carbocycles. The molecule has 0 bridgehead atoms. The first-order chi connectivity index (χ1) is 5.27. The van der Waals surface area contributed by atoms with Crippen LogP contribution in [0.25, 0.3) is 0 Å². The first-order valence-electron chi connectivity index (χ1n) is 5.06. The van der Waals surface area contributed by atoms with Gasteiger partial charge in [0.2, 0.25) is 0 Å². The van der Waals surface area contributed by atoms with E-state index in [1.807, 2.05) is 0 Å². The molecule has 0 heterocycles. The summed E-state index contributed by atoms with van der Waals surface area (Å²) < 4.78 is 0. The average molecular weight is 208 g/mol. The first kappa shape index (κ1) is 15.0. The van der Waals surface area contributed by atoms with Gasteiger partial charge < -0.3 is 0 Å². The van der Waals surface area contributed by atoms with Gasteiger partial charge in [-0.25, -0.2) is 0 Å². The fraction of sp³-hybridized carbons (Fsp3) is 1.00. The third kappa shape index (κ3) is 13.1. The standard InChI is InChI=1S/C10H23Si.ClH/c1-4-5-6-7-8-9-10-11(2)3;/h4-10H2,1-3H3;1H. The number of hydrogen-bond acceptors (Lipinski definition) is 0. The van der Waals surface area contributed by atoms with E-state index in [1.54, 1.807) is 0 Å². The Morgan fingerprint density at radius 2 is 1.33 bits per heavy atom. The Balaban J connectivity index is 0. The average Bonchev–Trinajstić information content (AvgIpc) is 1.96. The van der Waals surface area contributed by atoms with Crippen LogP contribution < -0.4 is 0 Å². The van der Waals surface area contributed by atoms with Crippen LogP contribution in [0.4, 0.5) is 0 Å². The molecule has 0 spiro atoms. The molecule has 0 N–H and O–H groups in total. The van der Waals surface area contributed by atoms with Gasteiger partial charge >= 0.3 is 0 Å². The lowest BCUT2D eigenvalue weighted by Gasteiger charge is -2.01. The molecule has 0 nitrogen and oxygen atoms in total. The Labute approximate surface area is 86.2 Å². The second kappa shape index (κ2) is 11.5. The van der Waals surface area contributed by atoms with Crippen molar-refractivity contribution in [3.63, 3.8) is 0 Å². The lowest BCUT2D eigenvalue weighted by atomic mass is 10.1. The number of hydrogen-bond donors (Lipinski definition) is 0. The van der Waals surface area contributed by atoms with E-state index in [4.69, 9.17) is 0 Å². The molecule has 0 saturated carbocycles. The molecule has 0 aromatic carbocycles. The predicted octanol–water partition coefficient (Wildman–Crippen LogP) is 4.52. The molecular weight excluding hydrogens is 184 g/mol. The van der Waals surface area contributed by atoms with Crippen molar-refractivity contribution in [1.29, 1.82) is 0 Å². The molecule has 0 unspecified atom stereocenters. The summed E-state index contributed by atoms with van der Waals surface area (Å²) in [5.41, 5.74) is 0. The highest BCUT2D eigenvalue weighted by molar-refractivity contribution is 6.55. The molecule has 0 saturated heterocycles. The van der Waals surface area contributed by atoms with Gasteiger partial charge in [0.15, 0.2) is 0 Å². The first-order valence-corrected chi connectivity index (χ1v) is 7.77. The van der Waals surface area contributed by atoms with Crippen molar-refractivity contribution in [3.8, 4) is 0 Å². The molecule has 0 aromatic rings. The Morgan fingerprint density at radius 1 is 0.833 bits per heavy atom. The molecule has 0 atom stereocenters. The highest BCUT2D eigenvalue weighted by Gasteiger charge is 1.94. The van der Waals surface area contributed by atoms with Crippen molar-refractivity contribution >= 4 is 21.2 Å². The maximum Gasteiger partial charge on any atom is 0.0412 e. The van der Waals surface area contributed by atoms with Gasteiger partial charge in [-0.05, 0) is 0 Å². The molecule has 0 aliphatic heterocycles.